The van der Waals surface area contributed by atoms with Crippen molar-refractivity contribution < 1.29 is 9.21 Å². The van der Waals surface area contributed by atoms with E-state index in [1.807, 2.05) is 50.4 Å². The van der Waals surface area contributed by atoms with Gasteiger partial charge in [0.05, 0.1) is 12.0 Å². The SMILES string of the molecule is Cc1ccc(CN(C)C(=O)C2(c3ccc(Cl)cc3)CC2)o1. The number of carbonyl (C=O) groups excluding carboxylic acids is 1. The van der Waals surface area contributed by atoms with E-state index in [0.29, 0.717) is 11.6 Å². The molecule has 1 aromatic heterocycles. The summed E-state index contributed by atoms with van der Waals surface area (Å²) in [6.07, 6.45) is 1.80. The zero-order chi connectivity index (χ0) is 15.0. The van der Waals surface area contributed by atoms with Gasteiger partial charge in [-0.05, 0) is 49.6 Å². The highest BCUT2D eigenvalue weighted by Crippen LogP contribution is 2.49. The molecule has 3 rings (SSSR count). The molecule has 3 nitrogen and oxygen atoms in total. The molecule has 1 aliphatic rings. The van der Waals surface area contributed by atoms with E-state index in [0.717, 1.165) is 29.9 Å². The summed E-state index contributed by atoms with van der Waals surface area (Å²) in [5.74, 6) is 1.83. The molecule has 1 aliphatic carbocycles. The van der Waals surface area contributed by atoms with Crippen molar-refractivity contribution in [2.75, 3.05) is 7.05 Å². The highest BCUT2D eigenvalue weighted by Gasteiger charge is 2.52. The Kier molecular flexibility index (Phi) is 3.54. The van der Waals surface area contributed by atoms with Crippen molar-refractivity contribution in [2.24, 2.45) is 0 Å². The van der Waals surface area contributed by atoms with Crippen molar-refractivity contribution in [1.82, 2.24) is 4.90 Å². The molecular formula is C17H18ClNO2. The van der Waals surface area contributed by atoms with E-state index in [1.54, 1.807) is 4.90 Å². The first-order valence-electron chi connectivity index (χ1n) is 7.08. The van der Waals surface area contributed by atoms with Crippen LogP contribution in [-0.4, -0.2) is 17.9 Å². The van der Waals surface area contributed by atoms with Crippen LogP contribution < -0.4 is 0 Å². The Morgan fingerprint density at radius 1 is 1.24 bits per heavy atom. The standard InChI is InChI=1S/C17H18ClNO2/c1-12-3-8-15(21-12)11-19(2)16(20)17(9-10-17)13-4-6-14(18)7-5-13/h3-8H,9-11H2,1-2H3. The molecular weight excluding hydrogens is 286 g/mol. The van der Waals surface area contributed by atoms with Crippen LogP contribution in [0.1, 0.15) is 29.9 Å². The number of likely N-dealkylation sites (N-methyl/N-ethyl adjacent to an activating group) is 1. The first-order valence-corrected chi connectivity index (χ1v) is 7.46. The van der Waals surface area contributed by atoms with Gasteiger partial charge < -0.3 is 9.32 Å². The maximum Gasteiger partial charge on any atom is 0.233 e. The molecule has 0 atom stereocenters. The molecule has 0 aliphatic heterocycles. The van der Waals surface area contributed by atoms with Crippen molar-refractivity contribution in [2.45, 2.75) is 31.7 Å². The lowest BCUT2D eigenvalue weighted by atomic mass is 9.94. The predicted octanol–water partition coefficient (Wildman–Crippen LogP) is 3.93. The number of amides is 1. The summed E-state index contributed by atoms with van der Waals surface area (Å²) < 4.78 is 5.55. The second kappa shape index (κ2) is 5.23. The van der Waals surface area contributed by atoms with E-state index in [-0.39, 0.29) is 11.3 Å². The van der Waals surface area contributed by atoms with Crippen LogP contribution in [0.3, 0.4) is 0 Å². The molecule has 2 aromatic rings. The third-order valence-corrected chi connectivity index (χ3v) is 4.34. The number of halogens is 1. The molecule has 1 saturated carbocycles. The van der Waals surface area contributed by atoms with E-state index in [9.17, 15) is 4.79 Å². The Morgan fingerprint density at radius 2 is 1.90 bits per heavy atom. The maximum atomic E-state index is 12.8. The van der Waals surface area contributed by atoms with Crippen LogP contribution in [-0.2, 0) is 16.8 Å². The lowest BCUT2D eigenvalue weighted by Crippen LogP contribution is -2.36. The fraction of sp³-hybridized carbons (Fsp3) is 0.353. The molecule has 0 radical (unpaired) electrons. The van der Waals surface area contributed by atoms with Crippen LogP contribution in [0.25, 0.3) is 0 Å². The average molecular weight is 304 g/mol. The van der Waals surface area contributed by atoms with Gasteiger partial charge in [-0.1, -0.05) is 23.7 Å². The van der Waals surface area contributed by atoms with E-state index >= 15 is 0 Å². The molecule has 1 heterocycles. The van der Waals surface area contributed by atoms with Crippen LogP contribution in [0.5, 0.6) is 0 Å². The fourth-order valence-electron chi connectivity index (χ4n) is 2.76. The number of hydrogen-bond acceptors (Lipinski definition) is 2. The van der Waals surface area contributed by atoms with E-state index in [4.69, 9.17) is 16.0 Å². The number of nitrogens with zero attached hydrogens (tertiary/aromatic N) is 1. The van der Waals surface area contributed by atoms with Crippen molar-refractivity contribution >= 4 is 17.5 Å². The highest BCUT2D eigenvalue weighted by atomic mass is 35.5. The molecule has 0 saturated heterocycles. The minimum absolute atomic E-state index is 0.152. The molecule has 0 unspecified atom stereocenters. The zero-order valence-corrected chi connectivity index (χ0v) is 13.0. The Labute approximate surface area is 129 Å². The lowest BCUT2D eigenvalue weighted by Gasteiger charge is -2.23. The Hall–Kier alpha value is -1.74. The molecule has 0 bridgehead atoms. The molecule has 1 aromatic carbocycles. The van der Waals surface area contributed by atoms with Gasteiger partial charge in [0.25, 0.3) is 0 Å². The quantitative estimate of drug-likeness (QED) is 0.857. The molecule has 1 amide bonds. The number of hydrogen-bond donors (Lipinski definition) is 0. The minimum Gasteiger partial charge on any atom is -0.464 e. The molecule has 110 valence electrons. The molecule has 21 heavy (non-hydrogen) atoms. The Morgan fingerprint density at radius 3 is 2.43 bits per heavy atom. The first kappa shape index (κ1) is 14.2. The van der Waals surface area contributed by atoms with Gasteiger partial charge >= 0.3 is 0 Å². The van der Waals surface area contributed by atoms with Crippen molar-refractivity contribution in [3.8, 4) is 0 Å². The lowest BCUT2D eigenvalue weighted by molar-refractivity contribution is -0.133. The normalized spacial score (nSPS) is 15.8. The monoisotopic (exact) mass is 303 g/mol. The maximum absolute atomic E-state index is 12.8. The smallest absolute Gasteiger partial charge is 0.233 e. The molecule has 0 N–H and O–H groups in total. The topological polar surface area (TPSA) is 33.5 Å². The second-order valence-corrected chi connectivity index (χ2v) is 6.20. The summed E-state index contributed by atoms with van der Waals surface area (Å²) in [7, 11) is 1.83. The summed E-state index contributed by atoms with van der Waals surface area (Å²) >= 11 is 5.93. The Bertz CT molecular complexity index is 656. The van der Waals surface area contributed by atoms with Crippen LogP contribution in [0.15, 0.2) is 40.8 Å². The van der Waals surface area contributed by atoms with Crippen molar-refractivity contribution in [3.63, 3.8) is 0 Å². The summed E-state index contributed by atoms with van der Waals surface area (Å²) in [6, 6.07) is 11.4. The third-order valence-electron chi connectivity index (χ3n) is 4.09. The van der Waals surface area contributed by atoms with Gasteiger partial charge in [0.1, 0.15) is 11.5 Å². The van der Waals surface area contributed by atoms with E-state index in [1.165, 1.54) is 0 Å². The van der Waals surface area contributed by atoms with Crippen molar-refractivity contribution in [3.05, 3.63) is 58.5 Å². The summed E-state index contributed by atoms with van der Waals surface area (Å²) in [5, 5.41) is 0.696. The molecule has 4 heteroatoms. The number of furan rings is 1. The van der Waals surface area contributed by atoms with Crippen LogP contribution in [0.4, 0.5) is 0 Å². The van der Waals surface area contributed by atoms with Crippen molar-refractivity contribution in [1.29, 1.82) is 0 Å². The number of aryl methyl sites for hydroxylation is 1. The van der Waals surface area contributed by atoms with Gasteiger partial charge in [0.15, 0.2) is 0 Å². The highest BCUT2D eigenvalue weighted by molar-refractivity contribution is 6.30. The fourth-order valence-corrected chi connectivity index (χ4v) is 2.89. The largest absolute Gasteiger partial charge is 0.464 e. The second-order valence-electron chi connectivity index (χ2n) is 5.76. The van der Waals surface area contributed by atoms with Crippen LogP contribution >= 0.6 is 11.6 Å². The van der Waals surface area contributed by atoms with Gasteiger partial charge in [0.2, 0.25) is 5.91 Å². The summed E-state index contributed by atoms with van der Waals surface area (Å²) in [6.45, 7) is 2.41. The Balaban J connectivity index is 1.76. The van der Waals surface area contributed by atoms with Gasteiger partial charge in [0, 0.05) is 12.1 Å². The number of benzene rings is 1. The van der Waals surface area contributed by atoms with Crippen LogP contribution in [0.2, 0.25) is 5.02 Å². The van der Waals surface area contributed by atoms with Gasteiger partial charge in [-0.25, -0.2) is 0 Å². The predicted molar refractivity (Wildman–Crippen MR) is 82.3 cm³/mol. The average Bonchev–Trinajstić information content (AvgIpc) is 3.17. The van der Waals surface area contributed by atoms with E-state index in [2.05, 4.69) is 0 Å². The first-order chi connectivity index (χ1) is 10.0. The number of carbonyl (C=O) groups is 1. The summed E-state index contributed by atoms with van der Waals surface area (Å²) in [5.41, 5.74) is 0.695. The summed E-state index contributed by atoms with van der Waals surface area (Å²) in [4.78, 5) is 14.5. The van der Waals surface area contributed by atoms with Gasteiger partial charge in [-0.3, -0.25) is 4.79 Å². The zero-order valence-electron chi connectivity index (χ0n) is 12.2. The van der Waals surface area contributed by atoms with E-state index < -0.39 is 0 Å². The molecule has 1 fully saturated rings. The van der Waals surface area contributed by atoms with Gasteiger partial charge in [-0.15, -0.1) is 0 Å². The third kappa shape index (κ3) is 2.70. The molecule has 0 spiro atoms. The van der Waals surface area contributed by atoms with Gasteiger partial charge in [-0.2, -0.15) is 0 Å². The minimum atomic E-state index is -0.360. The van der Waals surface area contributed by atoms with Crippen LogP contribution in [0, 0.1) is 6.92 Å². The number of rotatable bonds is 4.